The highest BCUT2D eigenvalue weighted by molar-refractivity contribution is 7.09. The number of aromatic nitrogens is 2. The van der Waals surface area contributed by atoms with Crippen LogP contribution in [-0.4, -0.2) is 42.3 Å². The average Bonchev–Trinajstić information content (AvgIpc) is 3.02. The van der Waals surface area contributed by atoms with Crippen molar-refractivity contribution in [1.29, 1.82) is 0 Å². The van der Waals surface area contributed by atoms with Crippen LogP contribution < -0.4 is 4.90 Å². The number of rotatable bonds is 5. The van der Waals surface area contributed by atoms with Gasteiger partial charge in [0.15, 0.2) is 0 Å². The van der Waals surface area contributed by atoms with Gasteiger partial charge in [0.2, 0.25) is 5.13 Å². The number of hydrogen-bond donors (Lipinski definition) is 0. The van der Waals surface area contributed by atoms with Crippen molar-refractivity contribution in [3.05, 3.63) is 41.7 Å². The van der Waals surface area contributed by atoms with Gasteiger partial charge in [-0.1, -0.05) is 30.3 Å². The van der Waals surface area contributed by atoms with Gasteiger partial charge in [-0.15, -0.1) is 0 Å². The fourth-order valence-corrected chi connectivity index (χ4v) is 3.39. The molecule has 118 valence electrons. The normalized spacial score (nSPS) is 22.0. The number of anilines is 1. The van der Waals surface area contributed by atoms with Gasteiger partial charge in [-0.3, -0.25) is 0 Å². The monoisotopic (exact) mass is 319 g/mol. The lowest BCUT2D eigenvalue weighted by Gasteiger charge is -2.38. The van der Waals surface area contributed by atoms with Crippen LogP contribution in [0.3, 0.4) is 0 Å². The van der Waals surface area contributed by atoms with Crippen LogP contribution in [-0.2, 0) is 15.9 Å². The molecule has 0 saturated carbocycles. The van der Waals surface area contributed by atoms with Gasteiger partial charge in [-0.2, -0.15) is 4.37 Å². The second-order valence-corrected chi connectivity index (χ2v) is 6.19. The third kappa shape index (κ3) is 3.45. The largest absolute Gasteiger partial charge is 0.384 e. The van der Waals surface area contributed by atoms with Gasteiger partial charge in [0.1, 0.15) is 5.82 Å². The Hall–Kier alpha value is -1.50. The molecule has 0 N–H and O–H groups in total. The first-order valence-electron chi connectivity index (χ1n) is 7.52. The highest BCUT2D eigenvalue weighted by Crippen LogP contribution is 2.32. The van der Waals surface area contributed by atoms with Gasteiger partial charge in [-0.05, 0) is 12.5 Å². The van der Waals surface area contributed by atoms with E-state index in [2.05, 4.69) is 45.4 Å². The molecular formula is C16H21N3O2S. The number of benzene rings is 1. The minimum atomic E-state index is 0.195. The zero-order valence-corrected chi connectivity index (χ0v) is 13.8. The van der Waals surface area contributed by atoms with E-state index in [0.29, 0.717) is 13.2 Å². The highest BCUT2D eigenvalue weighted by Gasteiger charge is 2.30. The van der Waals surface area contributed by atoms with Crippen LogP contribution >= 0.6 is 11.5 Å². The van der Waals surface area contributed by atoms with Crippen molar-refractivity contribution >= 4 is 16.7 Å². The Bertz CT molecular complexity index is 590. The van der Waals surface area contributed by atoms with Crippen molar-refractivity contribution in [2.75, 3.05) is 31.8 Å². The molecule has 1 saturated heterocycles. The van der Waals surface area contributed by atoms with Crippen molar-refractivity contribution in [2.24, 2.45) is 0 Å². The molecule has 0 amide bonds. The van der Waals surface area contributed by atoms with Gasteiger partial charge in [-0.25, -0.2) is 4.98 Å². The van der Waals surface area contributed by atoms with Gasteiger partial charge >= 0.3 is 0 Å². The van der Waals surface area contributed by atoms with E-state index in [0.717, 1.165) is 23.9 Å². The third-order valence-electron chi connectivity index (χ3n) is 3.79. The Morgan fingerprint density at radius 1 is 1.36 bits per heavy atom. The average molecular weight is 319 g/mol. The quantitative estimate of drug-likeness (QED) is 0.848. The number of nitrogens with zero attached hydrogens (tertiary/aromatic N) is 3. The first kappa shape index (κ1) is 15.4. The second-order valence-electron chi connectivity index (χ2n) is 5.46. The van der Waals surface area contributed by atoms with Crippen molar-refractivity contribution < 1.29 is 9.47 Å². The Morgan fingerprint density at radius 2 is 2.18 bits per heavy atom. The van der Waals surface area contributed by atoms with E-state index in [1.54, 1.807) is 7.11 Å². The Balaban J connectivity index is 1.82. The predicted molar refractivity (Wildman–Crippen MR) is 87.4 cm³/mol. The molecule has 2 heterocycles. The number of methoxy groups -OCH3 is 1. The predicted octanol–water partition coefficient (Wildman–Crippen LogP) is 2.69. The van der Waals surface area contributed by atoms with E-state index in [1.165, 1.54) is 17.1 Å². The molecule has 0 bridgehead atoms. The summed E-state index contributed by atoms with van der Waals surface area (Å²) in [6.45, 7) is 4.26. The lowest BCUT2D eigenvalue weighted by molar-refractivity contribution is 0.0303. The van der Waals surface area contributed by atoms with E-state index >= 15 is 0 Å². The molecule has 1 aliphatic rings. The SMILES string of the molecule is COCCc1nsc(N2CC(C)OCC2c2ccccc2)n1. The van der Waals surface area contributed by atoms with E-state index in [1.807, 2.05) is 6.07 Å². The molecule has 22 heavy (non-hydrogen) atoms. The van der Waals surface area contributed by atoms with Crippen molar-refractivity contribution in [3.63, 3.8) is 0 Å². The lowest BCUT2D eigenvalue weighted by Crippen LogP contribution is -2.43. The van der Waals surface area contributed by atoms with Crippen LogP contribution in [0.25, 0.3) is 0 Å². The van der Waals surface area contributed by atoms with Gasteiger partial charge < -0.3 is 14.4 Å². The van der Waals surface area contributed by atoms with E-state index in [-0.39, 0.29) is 12.1 Å². The molecule has 0 aliphatic carbocycles. The molecule has 0 spiro atoms. The van der Waals surface area contributed by atoms with Gasteiger partial charge in [0, 0.05) is 31.6 Å². The van der Waals surface area contributed by atoms with Crippen LogP contribution in [0.2, 0.25) is 0 Å². The molecule has 3 rings (SSSR count). The molecule has 5 nitrogen and oxygen atoms in total. The summed E-state index contributed by atoms with van der Waals surface area (Å²) in [6, 6.07) is 10.6. The minimum Gasteiger partial charge on any atom is -0.384 e. The summed E-state index contributed by atoms with van der Waals surface area (Å²) in [7, 11) is 1.70. The summed E-state index contributed by atoms with van der Waals surface area (Å²) in [5.41, 5.74) is 1.25. The summed E-state index contributed by atoms with van der Waals surface area (Å²) in [5.74, 6) is 0.854. The molecule has 0 radical (unpaired) electrons. The zero-order chi connectivity index (χ0) is 15.4. The first-order valence-corrected chi connectivity index (χ1v) is 8.30. The Morgan fingerprint density at radius 3 is 2.95 bits per heavy atom. The number of ether oxygens (including phenoxy) is 2. The van der Waals surface area contributed by atoms with Crippen LogP contribution in [0, 0.1) is 0 Å². The molecule has 2 unspecified atom stereocenters. The summed E-state index contributed by atoms with van der Waals surface area (Å²) < 4.78 is 15.4. The summed E-state index contributed by atoms with van der Waals surface area (Å²) in [4.78, 5) is 7.00. The van der Waals surface area contributed by atoms with Crippen LogP contribution in [0.5, 0.6) is 0 Å². The molecule has 1 aromatic heterocycles. The lowest BCUT2D eigenvalue weighted by atomic mass is 10.0. The Kier molecular flexibility index (Phi) is 5.02. The van der Waals surface area contributed by atoms with Crippen molar-refractivity contribution in [1.82, 2.24) is 9.36 Å². The van der Waals surface area contributed by atoms with Crippen LogP contribution in [0.15, 0.2) is 30.3 Å². The van der Waals surface area contributed by atoms with Crippen molar-refractivity contribution in [2.45, 2.75) is 25.5 Å². The van der Waals surface area contributed by atoms with Crippen molar-refractivity contribution in [3.8, 4) is 0 Å². The molecule has 1 aromatic carbocycles. The maximum atomic E-state index is 5.86. The standard InChI is InChI=1S/C16H21N3O2S/c1-12-10-19(16-17-15(18-22-16)8-9-20-2)14(11-21-12)13-6-4-3-5-7-13/h3-7,12,14H,8-11H2,1-2H3. The number of hydrogen-bond acceptors (Lipinski definition) is 6. The third-order valence-corrected chi connectivity index (χ3v) is 4.58. The minimum absolute atomic E-state index is 0.195. The van der Waals surface area contributed by atoms with Gasteiger partial charge in [0.25, 0.3) is 0 Å². The maximum absolute atomic E-state index is 5.86. The smallest absolute Gasteiger partial charge is 0.205 e. The molecule has 1 fully saturated rings. The summed E-state index contributed by atoms with van der Waals surface area (Å²) >= 11 is 1.46. The topological polar surface area (TPSA) is 47.5 Å². The summed E-state index contributed by atoms with van der Waals surface area (Å²) in [6.07, 6.45) is 0.953. The maximum Gasteiger partial charge on any atom is 0.205 e. The van der Waals surface area contributed by atoms with E-state index < -0.39 is 0 Å². The molecular weight excluding hydrogens is 298 g/mol. The Labute approximate surface area is 135 Å². The number of morpholine rings is 1. The molecule has 1 aliphatic heterocycles. The summed E-state index contributed by atoms with van der Waals surface area (Å²) in [5, 5.41) is 0.968. The van der Waals surface area contributed by atoms with E-state index in [4.69, 9.17) is 9.47 Å². The zero-order valence-electron chi connectivity index (χ0n) is 12.9. The fraction of sp³-hybridized carbons (Fsp3) is 0.500. The van der Waals surface area contributed by atoms with E-state index in [9.17, 15) is 0 Å². The van der Waals surface area contributed by atoms with Crippen LogP contribution in [0.4, 0.5) is 5.13 Å². The van der Waals surface area contributed by atoms with Crippen LogP contribution in [0.1, 0.15) is 24.4 Å². The highest BCUT2D eigenvalue weighted by atomic mass is 32.1. The molecule has 2 atom stereocenters. The molecule has 2 aromatic rings. The molecule has 6 heteroatoms. The second kappa shape index (κ2) is 7.17. The fourth-order valence-electron chi connectivity index (χ4n) is 2.62. The first-order chi connectivity index (χ1) is 10.8. The van der Waals surface area contributed by atoms with Gasteiger partial charge in [0.05, 0.1) is 25.4 Å².